The Morgan fingerprint density at radius 1 is 1.64 bits per heavy atom. The summed E-state index contributed by atoms with van der Waals surface area (Å²) in [4.78, 5) is 13.3. The topological polar surface area (TPSA) is 49.8 Å². The molecular formula is C10H19NO3. The maximum atomic E-state index is 11.5. The number of aliphatic hydroxyl groups is 1. The van der Waals surface area contributed by atoms with Gasteiger partial charge in [-0.3, -0.25) is 4.79 Å². The zero-order valence-corrected chi connectivity index (χ0v) is 8.90. The van der Waals surface area contributed by atoms with Gasteiger partial charge in [-0.2, -0.15) is 0 Å². The first-order valence-electron chi connectivity index (χ1n) is 5.08. The molecule has 1 N–H and O–H groups in total. The molecule has 0 aromatic carbocycles. The monoisotopic (exact) mass is 201 g/mol. The van der Waals surface area contributed by atoms with Crippen molar-refractivity contribution in [3.8, 4) is 0 Å². The minimum Gasteiger partial charge on any atom is -0.396 e. The third-order valence-corrected chi connectivity index (χ3v) is 2.74. The summed E-state index contributed by atoms with van der Waals surface area (Å²) in [5.41, 5.74) is 0. The van der Waals surface area contributed by atoms with Crippen LogP contribution in [0.25, 0.3) is 0 Å². The van der Waals surface area contributed by atoms with E-state index in [4.69, 9.17) is 9.84 Å². The lowest BCUT2D eigenvalue weighted by Gasteiger charge is -2.38. The second kappa shape index (κ2) is 5.32. The summed E-state index contributed by atoms with van der Waals surface area (Å²) < 4.78 is 5.06. The summed E-state index contributed by atoms with van der Waals surface area (Å²) in [7, 11) is 1.65. The van der Waals surface area contributed by atoms with Gasteiger partial charge in [-0.05, 0) is 13.3 Å². The molecule has 1 amide bonds. The Bertz CT molecular complexity index is 190. The molecule has 1 unspecified atom stereocenters. The van der Waals surface area contributed by atoms with Crippen molar-refractivity contribution in [1.82, 2.24) is 4.90 Å². The van der Waals surface area contributed by atoms with Crippen LogP contribution in [-0.4, -0.2) is 48.8 Å². The number of ether oxygens (including phenoxy) is 1. The van der Waals surface area contributed by atoms with E-state index >= 15 is 0 Å². The largest absolute Gasteiger partial charge is 0.396 e. The Morgan fingerprint density at radius 3 is 2.79 bits per heavy atom. The molecule has 1 atom stereocenters. The van der Waals surface area contributed by atoms with E-state index in [1.165, 1.54) is 0 Å². The maximum absolute atomic E-state index is 11.5. The van der Waals surface area contributed by atoms with Gasteiger partial charge in [0.2, 0.25) is 5.91 Å². The van der Waals surface area contributed by atoms with Crippen LogP contribution in [0, 0.1) is 5.92 Å². The number of carbonyl (C=O) groups excluding carboxylic acids is 1. The van der Waals surface area contributed by atoms with E-state index in [0.717, 1.165) is 19.5 Å². The van der Waals surface area contributed by atoms with Gasteiger partial charge in [0, 0.05) is 39.1 Å². The van der Waals surface area contributed by atoms with Crippen molar-refractivity contribution >= 4 is 5.91 Å². The fraction of sp³-hybridized carbons (Fsp3) is 0.900. The van der Waals surface area contributed by atoms with Crippen molar-refractivity contribution in [2.75, 3.05) is 26.8 Å². The lowest BCUT2D eigenvalue weighted by molar-refractivity contribution is -0.139. The number of aliphatic hydroxyl groups excluding tert-OH is 1. The maximum Gasteiger partial charge on any atom is 0.222 e. The van der Waals surface area contributed by atoms with Crippen LogP contribution in [0.2, 0.25) is 0 Å². The van der Waals surface area contributed by atoms with E-state index in [0.29, 0.717) is 12.3 Å². The minimum atomic E-state index is 0.147. The van der Waals surface area contributed by atoms with Gasteiger partial charge in [-0.25, -0.2) is 0 Å². The molecule has 4 nitrogen and oxygen atoms in total. The Balaban J connectivity index is 2.11. The van der Waals surface area contributed by atoms with E-state index in [1.807, 2.05) is 6.92 Å². The summed E-state index contributed by atoms with van der Waals surface area (Å²) >= 11 is 0. The molecule has 14 heavy (non-hydrogen) atoms. The quantitative estimate of drug-likeness (QED) is 0.693. The SMILES string of the molecule is COC(C)CCC(=O)N1CC(CO)C1. The van der Waals surface area contributed by atoms with Crippen molar-refractivity contribution in [3.63, 3.8) is 0 Å². The van der Waals surface area contributed by atoms with Crippen molar-refractivity contribution in [1.29, 1.82) is 0 Å². The van der Waals surface area contributed by atoms with Crippen LogP contribution in [0.5, 0.6) is 0 Å². The first-order valence-corrected chi connectivity index (χ1v) is 5.08. The van der Waals surface area contributed by atoms with Crippen molar-refractivity contribution in [2.45, 2.75) is 25.9 Å². The number of carbonyl (C=O) groups is 1. The zero-order chi connectivity index (χ0) is 10.6. The number of hydrogen-bond acceptors (Lipinski definition) is 3. The summed E-state index contributed by atoms with van der Waals surface area (Å²) in [6.45, 7) is 3.59. The van der Waals surface area contributed by atoms with Gasteiger partial charge in [-0.1, -0.05) is 0 Å². The molecule has 0 saturated carbocycles. The lowest BCUT2D eigenvalue weighted by Crippen LogP contribution is -2.51. The number of hydrogen-bond donors (Lipinski definition) is 1. The summed E-state index contributed by atoms with van der Waals surface area (Å²) in [6, 6.07) is 0. The third kappa shape index (κ3) is 2.96. The van der Waals surface area contributed by atoms with Gasteiger partial charge >= 0.3 is 0 Å². The minimum absolute atomic E-state index is 0.147. The van der Waals surface area contributed by atoms with E-state index in [9.17, 15) is 4.79 Å². The summed E-state index contributed by atoms with van der Waals surface area (Å²) in [5.74, 6) is 0.484. The fourth-order valence-electron chi connectivity index (χ4n) is 1.49. The molecule has 1 aliphatic rings. The van der Waals surface area contributed by atoms with Crippen LogP contribution in [-0.2, 0) is 9.53 Å². The van der Waals surface area contributed by atoms with Crippen LogP contribution >= 0.6 is 0 Å². The van der Waals surface area contributed by atoms with E-state index < -0.39 is 0 Å². The smallest absolute Gasteiger partial charge is 0.222 e. The normalized spacial score (nSPS) is 19.2. The number of likely N-dealkylation sites (tertiary alicyclic amines) is 1. The summed E-state index contributed by atoms with van der Waals surface area (Å²) in [5, 5.41) is 8.78. The molecule has 0 aromatic heterocycles. The van der Waals surface area contributed by atoms with Gasteiger partial charge < -0.3 is 14.7 Å². The van der Waals surface area contributed by atoms with Gasteiger partial charge in [0.1, 0.15) is 0 Å². The molecule has 1 saturated heterocycles. The second-order valence-electron chi connectivity index (χ2n) is 3.93. The second-order valence-corrected chi connectivity index (χ2v) is 3.93. The molecule has 1 fully saturated rings. The average Bonchev–Trinajstić information content (AvgIpc) is 2.12. The van der Waals surface area contributed by atoms with E-state index in [1.54, 1.807) is 12.0 Å². The number of nitrogens with zero attached hydrogens (tertiary/aromatic N) is 1. The van der Waals surface area contributed by atoms with Crippen molar-refractivity contribution < 1.29 is 14.6 Å². The number of amides is 1. The Hall–Kier alpha value is -0.610. The highest BCUT2D eigenvalue weighted by Crippen LogP contribution is 2.16. The lowest BCUT2D eigenvalue weighted by atomic mass is 10.0. The van der Waals surface area contributed by atoms with Crippen LogP contribution in [0.4, 0.5) is 0 Å². The molecule has 1 rings (SSSR count). The number of methoxy groups -OCH3 is 1. The molecule has 4 heteroatoms. The van der Waals surface area contributed by atoms with Gasteiger partial charge in [0.15, 0.2) is 0 Å². The molecule has 0 aromatic rings. The van der Waals surface area contributed by atoms with Crippen molar-refractivity contribution in [3.05, 3.63) is 0 Å². The molecular weight excluding hydrogens is 182 g/mol. The first kappa shape index (κ1) is 11.5. The zero-order valence-electron chi connectivity index (χ0n) is 8.90. The molecule has 0 aliphatic carbocycles. The molecule has 0 radical (unpaired) electrons. The molecule has 82 valence electrons. The van der Waals surface area contributed by atoms with Crippen LogP contribution in [0.1, 0.15) is 19.8 Å². The highest BCUT2D eigenvalue weighted by atomic mass is 16.5. The molecule has 1 heterocycles. The van der Waals surface area contributed by atoms with Crippen LogP contribution in [0.15, 0.2) is 0 Å². The van der Waals surface area contributed by atoms with Crippen LogP contribution in [0.3, 0.4) is 0 Å². The predicted molar refractivity (Wildman–Crippen MR) is 52.9 cm³/mol. The van der Waals surface area contributed by atoms with E-state index in [2.05, 4.69) is 0 Å². The average molecular weight is 201 g/mol. The molecule has 0 bridgehead atoms. The third-order valence-electron chi connectivity index (χ3n) is 2.74. The standard InChI is InChI=1S/C10H19NO3/c1-8(14-2)3-4-10(13)11-5-9(6-11)7-12/h8-9,12H,3-7H2,1-2H3. The predicted octanol–water partition coefficient (Wildman–Crippen LogP) is 0.252. The van der Waals surface area contributed by atoms with Gasteiger partial charge in [0.25, 0.3) is 0 Å². The van der Waals surface area contributed by atoms with E-state index in [-0.39, 0.29) is 18.6 Å². The molecule has 0 spiro atoms. The Labute approximate surface area is 84.8 Å². The highest BCUT2D eigenvalue weighted by molar-refractivity contribution is 5.77. The van der Waals surface area contributed by atoms with Crippen LogP contribution < -0.4 is 0 Å². The Kier molecular flexibility index (Phi) is 4.35. The first-order chi connectivity index (χ1) is 6.67. The number of rotatable bonds is 5. The van der Waals surface area contributed by atoms with Gasteiger partial charge in [0.05, 0.1) is 6.10 Å². The fourth-order valence-corrected chi connectivity index (χ4v) is 1.49. The molecule has 1 aliphatic heterocycles. The summed E-state index contributed by atoms with van der Waals surface area (Å²) in [6.07, 6.45) is 1.47. The highest BCUT2D eigenvalue weighted by Gasteiger charge is 2.29. The van der Waals surface area contributed by atoms with Gasteiger partial charge in [-0.15, -0.1) is 0 Å². The van der Waals surface area contributed by atoms with Crippen molar-refractivity contribution in [2.24, 2.45) is 5.92 Å². The Morgan fingerprint density at radius 2 is 2.29 bits per heavy atom.